The summed E-state index contributed by atoms with van der Waals surface area (Å²) in [7, 11) is 0. The highest BCUT2D eigenvalue weighted by Crippen LogP contribution is 2.11. The van der Waals surface area contributed by atoms with Crippen LogP contribution in [0.15, 0.2) is 18.2 Å². The van der Waals surface area contributed by atoms with Crippen LogP contribution in [-0.2, 0) is 11.3 Å². The van der Waals surface area contributed by atoms with Crippen LogP contribution in [0.4, 0.5) is 5.82 Å². The van der Waals surface area contributed by atoms with Crippen LogP contribution in [0.5, 0.6) is 0 Å². The molecule has 1 N–H and O–H groups in total. The third-order valence-electron chi connectivity index (χ3n) is 2.68. The van der Waals surface area contributed by atoms with E-state index in [1.54, 1.807) is 0 Å². The van der Waals surface area contributed by atoms with Crippen LogP contribution in [-0.4, -0.2) is 17.6 Å². The molecule has 0 spiro atoms. The Morgan fingerprint density at radius 1 is 1.28 bits per heavy atom. The molecule has 0 bridgehead atoms. The molecule has 3 heteroatoms. The molecule has 0 aliphatic rings. The first-order valence-electron chi connectivity index (χ1n) is 6.93. The summed E-state index contributed by atoms with van der Waals surface area (Å²) in [6.07, 6.45) is 2.49. The first kappa shape index (κ1) is 15.0. The zero-order chi connectivity index (χ0) is 13.4. The van der Waals surface area contributed by atoms with E-state index in [0.29, 0.717) is 18.6 Å². The van der Waals surface area contributed by atoms with Crippen LogP contribution < -0.4 is 5.32 Å². The van der Waals surface area contributed by atoms with Gasteiger partial charge in [0.25, 0.3) is 0 Å². The molecule has 0 aliphatic heterocycles. The fourth-order valence-electron chi connectivity index (χ4n) is 1.87. The summed E-state index contributed by atoms with van der Waals surface area (Å²) in [5.41, 5.74) is 0.992. The molecule has 0 radical (unpaired) electrons. The average molecular weight is 250 g/mol. The number of hydrogen-bond donors (Lipinski definition) is 1. The number of nitrogens with one attached hydrogen (secondary N) is 1. The molecule has 0 saturated carbocycles. The van der Waals surface area contributed by atoms with Gasteiger partial charge in [0.15, 0.2) is 0 Å². The minimum absolute atomic E-state index is 0.291. The van der Waals surface area contributed by atoms with Crippen LogP contribution >= 0.6 is 0 Å². The SMILES string of the molecule is CCCNc1cccc(COC(C)CC(C)C)n1. The van der Waals surface area contributed by atoms with Crippen molar-refractivity contribution in [2.75, 3.05) is 11.9 Å². The molecule has 1 atom stereocenters. The monoisotopic (exact) mass is 250 g/mol. The lowest BCUT2D eigenvalue weighted by atomic mass is 10.1. The van der Waals surface area contributed by atoms with E-state index in [1.165, 1.54) is 0 Å². The fourth-order valence-corrected chi connectivity index (χ4v) is 1.87. The molecule has 3 nitrogen and oxygen atoms in total. The summed E-state index contributed by atoms with van der Waals surface area (Å²) in [4.78, 5) is 4.53. The van der Waals surface area contributed by atoms with Gasteiger partial charge < -0.3 is 10.1 Å². The highest BCUT2D eigenvalue weighted by molar-refractivity contribution is 5.34. The first-order chi connectivity index (χ1) is 8.61. The fraction of sp³-hybridized carbons (Fsp3) is 0.667. The summed E-state index contributed by atoms with van der Waals surface area (Å²) in [6.45, 7) is 10.3. The predicted octanol–water partition coefficient (Wildman–Crippen LogP) is 3.85. The summed E-state index contributed by atoms with van der Waals surface area (Å²) in [5, 5.41) is 3.29. The van der Waals surface area contributed by atoms with E-state index >= 15 is 0 Å². The number of nitrogens with zero attached hydrogens (tertiary/aromatic N) is 1. The highest BCUT2D eigenvalue weighted by atomic mass is 16.5. The second-order valence-corrected chi connectivity index (χ2v) is 5.19. The molecule has 0 aliphatic carbocycles. The van der Waals surface area contributed by atoms with E-state index in [9.17, 15) is 0 Å². The molecule has 1 aromatic rings. The van der Waals surface area contributed by atoms with Crippen molar-refractivity contribution in [2.24, 2.45) is 5.92 Å². The van der Waals surface area contributed by atoms with Gasteiger partial charge in [-0.3, -0.25) is 0 Å². The molecule has 1 rings (SSSR count). The Balaban J connectivity index is 2.41. The van der Waals surface area contributed by atoms with Gasteiger partial charge in [-0.1, -0.05) is 26.8 Å². The zero-order valence-electron chi connectivity index (χ0n) is 12.1. The molecule has 1 heterocycles. The second-order valence-electron chi connectivity index (χ2n) is 5.19. The Labute approximate surface area is 111 Å². The molecule has 0 amide bonds. The molecule has 1 unspecified atom stereocenters. The Morgan fingerprint density at radius 3 is 2.72 bits per heavy atom. The number of hydrogen-bond acceptors (Lipinski definition) is 3. The Bertz CT molecular complexity index is 339. The van der Waals surface area contributed by atoms with Crippen molar-refractivity contribution < 1.29 is 4.74 Å². The first-order valence-corrected chi connectivity index (χ1v) is 6.93. The van der Waals surface area contributed by atoms with Crippen LogP contribution in [0, 0.1) is 5.92 Å². The van der Waals surface area contributed by atoms with Gasteiger partial charge in [0.2, 0.25) is 0 Å². The third-order valence-corrected chi connectivity index (χ3v) is 2.68. The highest BCUT2D eigenvalue weighted by Gasteiger charge is 2.06. The lowest BCUT2D eigenvalue weighted by Crippen LogP contribution is -2.12. The zero-order valence-corrected chi connectivity index (χ0v) is 12.1. The van der Waals surface area contributed by atoms with Gasteiger partial charge in [0.1, 0.15) is 5.82 Å². The second kappa shape index (κ2) is 8.09. The van der Waals surface area contributed by atoms with E-state index in [4.69, 9.17) is 4.74 Å². The van der Waals surface area contributed by atoms with Crippen molar-refractivity contribution in [3.8, 4) is 0 Å². The van der Waals surface area contributed by atoms with Gasteiger partial charge in [-0.05, 0) is 37.8 Å². The van der Waals surface area contributed by atoms with Gasteiger partial charge in [-0.15, -0.1) is 0 Å². The largest absolute Gasteiger partial charge is 0.372 e. The number of aromatic nitrogens is 1. The smallest absolute Gasteiger partial charge is 0.126 e. The number of ether oxygens (including phenoxy) is 1. The summed E-state index contributed by atoms with van der Waals surface area (Å²) < 4.78 is 5.81. The summed E-state index contributed by atoms with van der Waals surface area (Å²) >= 11 is 0. The van der Waals surface area contributed by atoms with Crippen molar-refractivity contribution in [2.45, 2.75) is 53.2 Å². The predicted molar refractivity (Wildman–Crippen MR) is 76.7 cm³/mol. The van der Waals surface area contributed by atoms with Crippen molar-refractivity contribution in [1.82, 2.24) is 4.98 Å². The quantitative estimate of drug-likeness (QED) is 0.761. The summed E-state index contributed by atoms with van der Waals surface area (Å²) in [5.74, 6) is 1.61. The lowest BCUT2D eigenvalue weighted by Gasteiger charge is -2.15. The van der Waals surface area contributed by atoms with Crippen LogP contribution in [0.25, 0.3) is 0 Å². The van der Waals surface area contributed by atoms with E-state index in [2.05, 4.69) is 38.0 Å². The number of anilines is 1. The molecule has 0 fully saturated rings. The minimum atomic E-state index is 0.291. The van der Waals surface area contributed by atoms with Crippen LogP contribution in [0.1, 0.15) is 46.2 Å². The van der Waals surface area contributed by atoms with E-state index in [1.807, 2.05) is 18.2 Å². The number of pyridine rings is 1. The van der Waals surface area contributed by atoms with Crippen molar-refractivity contribution in [3.05, 3.63) is 23.9 Å². The Kier molecular flexibility index (Phi) is 6.73. The van der Waals surface area contributed by atoms with Crippen molar-refractivity contribution >= 4 is 5.82 Å². The molecule has 102 valence electrons. The third kappa shape index (κ3) is 6.01. The van der Waals surface area contributed by atoms with E-state index in [0.717, 1.165) is 30.9 Å². The Morgan fingerprint density at radius 2 is 2.06 bits per heavy atom. The molecular weight excluding hydrogens is 224 g/mol. The molecular formula is C15H26N2O. The molecule has 0 saturated heterocycles. The standard InChI is InChI=1S/C15H26N2O/c1-5-9-16-15-8-6-7-14(17-15)11-18-13(4)10-12(2)3/h6-8,12-13H,5,9-11H2,1-4H3,(H,16,17). The van der Waals surface area contributed by atoms with Gasteiger partial charge in [-0.2, -0.15) is 0 Å². The average Bonchev–Trinajstić information content (AvgIpc) is 2.33. The van der Waals surface area contributed by atoms with Crippen LogP contribution in [0.3, 0.4) is 0 Å². The Hall–Kier alpha value is -1.09. The maximum atomic E-state index is 5.81. The van der Waals surface area contributed by atoms with Gasteiger partial charge >= 0.3 is 0 Å². The lowest BCUT2D eigenvalue weighted by molar-refractivity contribution is 0.0379. The van der Waals surface area contributed by atoms with Crippen LogP contribution in [0.2, 0.25) is 0 Å². The van der Waals surface area contributed by atoms with E-state index in [-0.39, 0.29) is 0 Å². The minimum Gasteiger partial charge on any atom is -0.372 e. The topological polar surface area (TPSA) is 34.1 Å². The maximum Gasteiger partial charge on any atom is 0.126 e. The normalized spacial score (nSPS) is 12.7. The van der Waals surface area contributed by atoms with E-state index < -0.39 is 0 Å². The maximum absolute atomic E-state index is 5.81. The van der Waals surface area contributed by atoms with Crippen molar-refractivity contribution in [3.63, 3.8) is 0 Å². The molecule has 0 aromatic carbocycles. The van der Waals surface area contributed by atoms with Gasteiger partial charge in [0.05, 0.1) is 18.4 Å². The van der Waals surface area contributed by atoms with Gasteiger partial charge in [-0.25, -0.2) is 4.98 Å². The summed E-state index contributed by atoms with van der Waals surface area (Å²) in [6, 6.07) is 6.03. The van der Waals surface area contributed by atoms with Crippen molar-refractivity contribution in [1.29, 1.82) is 0 Å². The number of rotatable bonds is 8. The molecule has 18 heavy (non-hydrogen) atoms. The molecule has 1 aromatic heterocycles. The van der Waals surface area contributed by atoms with Gasteiger partial charge in [0, 0.05) is 6.54 Å².